The maximum absolute atomic E-state index is 13.4. The molecule has 4 aliphatic rings. The van der Waals surface area contributed by atoms with Crippen LogP contribution in [0.25, 0.3) is 0 Å². The van der Waals surface area contributed by atoms with Crippen LogP contribution in [0.15, 0.2) is 29.3 Å². The van der Waals surface area contributed by atoms with Gasteiger partial charge in [-0.25, -0.2) is 14.3 Å². The summed E-state index contributed by atoms with van der Waals surface area (Å²) < 4.78 is 12.9. The van der Waals surface area contributed by atoms with E-state index in [0.29, 0.717) is 51.2 Å². The predicted octanol–water partition coefficient (Wildman–Crippen LogP) is -0.109. The number of amides is 3. The van der Waals surface area contributed by atoms with Gasteiger partial charge in [-0.3, -0.25) is 19.5 Å². The van der Waals surface area contributed by atoms with Crippen LogP contribution in [0, 0.1) is 0 Å². The fourth-order valence-corrected chi connectivity index (χ4v) is 4.61. The summed E-state index contributed by atoms with van der Waals surface area (Å²) in [7, 11) is 3.33. The molecule has 1 aromatic carbocycles. The Hall–Kier alpha value is -2.98. The molecule has 3 amide bonds. The minimum absolute atomic E-state index is 0.202. The van der Waals surface area contributed by atoms with Crippen molar-refractivity contribution in [3.8, 4) is 5.75 Å². The minimum atomic E-state index is -0.568. The average molecular weight is 427 g/mol. The topological polar surface area (TPSA) is 80.9 Å². The van der Waals surface area contributed by atoms with E-state index in [-0.39, 0.29) is 11.9 Å². The van der Waals surface area contributed by atoms with Gasteiger partial charge in [-0.2, -0.15) is 0 Å². The molecular formula is C21H27N6O4+. The number of para-hydroxylation sites is 2. The minimum Gasteiger partial charge on any atom is -0.493 e. The zero-order valence-corrected chi connectivity index (χ0v) is 17.9. The van der Waals surface area contributed by atoms with Crippen molar-refractivity contribution < 1.29 is 23.6 Å². The summed E-state index contributed by atoms with van der Waals surface area (Å²) in [6.07, 6.45) is 0. The number of ether oxygens (including phenoxy) is 2. The van der Waals surface area contributed by atoms with Crippen molar-refractivity contribution in [2.75, 3.05) is 71.5 Å². The molecule has 0 bridgehead atoms. The third-order valence-electron chi connectivity index (χ3n) is 6.31. The number of anilines is 1. The summed E-state index contributed by atoms with van der Waals surface area (Å²) in [6, 6.07) is 6.86. The molecule has 0 radical (unpaired) electrons. The molecule has 5 rings (SSSR count). The smallest absolute Gasteiger partial charge is 0.397 e. The van der Waals surface area contributed by atoms with E-state index in [1.807, 2.05) is 33.7 Å². The van der Waals surface area contributed by atoms with Crippen LogP contribution in [0.1, 0.15) is 0 Å². The first kappa shape index (κ1) is 20.0. The van der Waals surface area contributed by atoms with Crippen molar-refractivity contribution in [1.82, 2.24) is 14.7 Å². The fraction of sp³-hybridized carbons (Fsp3) is 0.524. The second kappa shape index (κ2) is 7.93. The lowest BCUT2D eigenvalue weighted by Crippen LogP contribution is -2.63. The molecule has 2 fully saturated rings. The number of amidine groups is 1. The quantitative estimate of drug-likeness (QED) is 0.610. The molecule has 164 valence electrons. The Kier molecular flexibility index (Phi) is 5.11. The second-order valence-corrected chi connectivity index (χ2v) is 7.97. The van der Waals surface area contributed by atoms with Gasteiger partial charge in [0.05, 0.1) is 26.9 Å². The number of urea groups is 1. The number of morpholine rings is 1. The third-order valence-corrected chi connectivity index (χ3v) is 6.31. The summed E-state index contributed by atoms with van der Waals surface area (Å²) in [4.78, 5) is 38.3. The van der Waals surface area contributed by atoms with Gasteiger partial charge in [-0.15, -0.1) is 0 Å². The van der Waals surface area contributed by atoms with Gasteiger partial charge >= 0.3 is 12.0 Å². The lowest BCUT2D eigenvalue weighted by molar-refractivity contribution is -0.525. The van der Waals surface area contributed by atoms with Gasteiger partial charge in [0.2, 0.25) is 11.9 Å². The molecule has 0 aromatic heterocycles. The first-order valence-corrected chi connectivity index (χ1v) is 10.6. The van der Waals surface area contributed by atoms with E-state index in [0.717, 1.165) is 24.5 Å². The van der Waals surface area contributed by atoms with Gasteiger partial charge < -0.3 is 9.47 Å². The summed E-state index contributed by atoms with van der Waals surface area (Å²) in [5.74, 6) is 1.72. The van der Waals surface area contributed by atoms with Crippen molar-refractivity contribution in [3.63, 3.8) is 0 Å². The first-order valence-electron chi connectivity index (χ1n) is 10.6. The van der Waals surface area contributed by atoms with Crippen LogP contribution >= 0.6 is 0 Å². The van der Waals surface area contributed by atoms with Crippen molar-refractivity contribution in [2.45, 2.75) is 6.04 Å². The molecular weight excluding hydrogens is 400 g/mol. The van der Waals surface area contributed by atoms with Gasteiger partial charge in [0, 0.05) is 33.2 Å². The number of fused-ring (bicyclic) bond motifs is 2. The monoisotopic (exact) mass is 427 g/mol. The van der Waals surface area contributed by atoms with Gasteiger partial charge in [0.1, 0.15) is 12.2 Å². The lowest BCUT2D eigenvalue weighted by Gasteiger charge is -2.35. The summed E-state index contributed by atoms with van der Waals surface area (Å²) in [6.45, 7) is 5.37. The van der Waals surface area contributed by atoms with Crippen LogP contribution in [0.4, 0.5) is 10.5 Å². The zero-order valence-electron chi connectivity index (χ0n) is 17.9. The number of carbonyl (C=O) groups is 2. The number of likely N-dealkylation sites (N-methyl/N-ethyl adjacent to an activating group) is 1. The van der Waals surface area contributed by atoms with E-state index in [1.54, 1.807) is 14.2 Å². The highest BCUT2D eigenvalue weighted by atomic mass is 16.5. The maximum atomic E-state index is 13.4. The Balaban J connectivity index is 1.40. The molecule has 0 saturated carbocycles. The van der Waals surface area contributed by atoms with Gasteiger partial charge in [-0.05, 0) is 12.1 Å². The van der Waals surface area contributed by atoms with E-state index in [1.165, 1.54) is 9.80 Å². The van der Waals surface area contributed by atoms with Crippen molar-refractivity contribution in [3.05, 3.63) is 24.3 Å². The Morgan fingerprint density at radius 3 is 2.71 bits per heavy atom. The molecule has 4 heterocycles. The highest BCUT2D eigenvalue weighted by molar-refractivity contribution is 6.24. The van der Waals surface area contributed by atoms with Crippen LogP contribution < -0.4 is 9.64 Å². The van der Waals surface area contributed by atoms with Crippen LogP contribution in [0.5, 0.6) is 5.75 Å². The number of imide groups is 1. The number of benzene rings is 1. The number of aliphatic imine (C=N–C) groups is 1. The van der Waals surface area contributed by atoms with Crippen molar-refractivity contribution >= 4 is 29.4 Å². The molecule has 4 aliphatic heterocycles. The molecule has 10 heteroatoms. The third kappa shape index (κ3) is 3.26. The van der Waals surface area contributed by atoms with Crippen LogP contribution in [0.3, 0.4) is 0 Å². The number of guanidine groups is 1. The van der Waals surface area contributed by atoms with E-state index >= 15 is 0 Å². The molecule has 31 heavy (non-hydrogen) atoms. The Morgan fingerprint density at radius 1 is 1.16 bits per heavy atom. The van der Waals surface area contributed by atoms with Gasteiger partial charge in [0.25, 0.3) is 5.91 Å². The normalized spacial score (nSPS) is 24.0. The number of methoxy groups -OCH3 is 1. The Bertz CT molecular complexity index is 970. The summed E-state index contributed by atoms with van der Waals surface area (Å²) in [5.41, 5.74) is 0.899. The number of hydrogen-bond donors (Lipinski definition) is 0. The van der Waals surface area contributed by atoms with Gasteiger partial charge in [0.15, 0.2) is 5.75 Å². The lowest BCUT2D eigenvalue weighted by atomic mass is 10.1. The molecule has 1 aromatic rings. The summed E-state index contributed by atoms with van der Waals surface area (Å²) >= 11 is 0. The molecule has 10 nitrogen and oxygen atoms in total. The largest absolute Gasteiger partial charge is 0.493 e. The van der Waals surface area contributed by atoms with E-state index < -0.39 is 6.04 Å². The molecule has 1 unspecified atom stereocenters. The highest BCUT2D eigenvalue weighted by Crippen LogP contribution is 2.32. The molecule has 0 spiro atoms. The Labute approximate surface area is 180 Å². The van der Waals surface area contributed by atoms with Gasteiger partial charge in [-0.1, -0.05) is 17.1 Å². The zero-order chi connectivity index (χ0) is 21.5. The molecule has 1 atom stereocenters. The standard InChI is InChI=1S/C21H27N6O4/c1-23-18-17(19(28)27(21(23)29)8-7-24-11-13-31-14-12-24)26-10-9-25(20(26)22-18)15-5-3-4-6-16(15)30-2/h3-6,17H,7-14H2,1-2H3/q+1. The van der Waals surface area contributed by atoms with Crippen molar-refractivity contribution in [1.29, 1.82) is 0 Å². The number of rotatable bonds is 5. The number of carbonyl (C=O) groups excluding carboxylic acids is 2. The molecule has 0 aliphatic carbocycles. The van der Waals surface area contributed by atoms with Crippen LogP contribution in [-0.2, 0) is 9.53 Å². The molecule has 2 saturated heterocycles. The second-order valence-electron chi connectivity index (χ2n) is 7.97. The Morgan fingerprint density at radius 2 is 1.94 bits per heavy atom. The maximum Gasteiger partial charge on any atom is 0.397 e. The number of nitrogens with zero attached hydrogens (tertiary/aromatic N) is 6. The summed E-state index contributed by atoms with van der Waals surface area (Å²) in [5, 5.41) is 0. The predicted molar refractivity (Wildman–Crippen MR) is 114 cm³/mol. The molecule has 0 N–H and O–H groups in total. The average Bonchev–Trinajstić information content (AvgIpc) is 3.38. The van der Waals surface area contributed by atoms with E-state index in [4.69, 9.17) is 14.5 Å². The van der Waals surface area contributed by atoms with E-state index in [2.05, 4.69) is 4.90 Å². The van der Waals surface area contributed by atoms with Crippen LogP contribution in [-0.4, -0.2) is 116 Å². The van der Waals surface area contributed by atoms with Crippen LogP contribution in [0.2, 0.25) is 0 Å². The first-order chi connectivity index (χ1) is 15.1. The van der Waals surface area contributed by atoms with E-state index in [9.17, 15) is 9.59 Å². The number of hydrogen-bond acceptors (Lipinski definition) is 7. The SMILES string of the molecule is COc1ccccc1N1CC[N+]2=C1N=C1C2C(=O)N(CCN2CCOCC2)C(=O)N1C. The fourth-order valence-electron chi connectivity index (χ4n) is 4.61. The highest BCUT2D eigenvalue weighted by Gasteiger charge is 2.55. The van der Waals surface area contributed by atoms with Crippen molar-refractivity contribution in [2.24, 2.45) is 4.99 Å².